The van der Waals surface area contributed by atoms with Crippen LogP contribution in [0.2, 0.25) is 4.63 Å². The molecule has 1 atom stereocenters. The van der Waals surface area contributed by atoms with Crippen molar-refractivity contribution in [3.63, 3.8) is 0 Å². The number of hydrogen-bond acceptors (Lipinski definition) is 5. The van der Waals surface area contributed by atoms with Crippen LogP contribution >= 0.6 is 0 Å². The molecule has 1 N–H and O–H groups in total. The Bertz CT molecular complexity index is 215. The number of aliphatic hydroxyl groups is 1. The third kappa shape index (κ3) is 6.74. The van der Waals surface area contributed by atoms with Gasteiger partial charge in [0.1, 0.15) is 0 Å². The second-order valence-electron chi connectivity index (χ2n) is 2.31. The first-order valence-electron chi connectivity index (χ1n) is 3.77. The van der Waals surface area contributed by atoms with Gasteiger partial charge in [-0.3, -0.25) is 0 Å². The number of rotatable bonds is 7. The van der Waals surface area contributed by atoms with E-state index < -0.39 is 28.6 Å². The van der Waals surface area contributed by atoms with Gasteiger partial charge in [0.05, 0.1) is 0 Å². The molecular weight excluding hydrogens is 393 g/mol. The molecule has 0 fully saturated rings. The van der Waals surface area contributed by atoms with Crippen molar-refractivity contribution in [1.82, 2.24) is 0 Å². The molecule has 0 radical (unpaired) electrons. The summed E-state index contributed by atoms with van der Waals surface area (Å²) in [4.78, 5) is 0. The van der Waals surface area contributed by atoms with Gasteiger partial charge in [0.25, 0.3) is 0 Å². The summed E-state index contributed by atoms with van der Waals surface area (Å²) in [5.41, 5.74) is 0. The quantitative estimate of drug-likeness (QED) is 0.555. The number of ether oxygens (including phenoxy) is 1. The Labute approximate surface area is 88.4 Å². The first kappa shape index (κ1) is 13.7. The Kier molecular flexibility index (Phi) is 7.45. The van der Waals surface area contributed by atoms with E-state index in [-0.39, 0.29) is 19.3 Å². The van der Waals surface area contributed by atoms with Crippen LogP contribution in [0.25, 0.3) is 0 Å². The van der Waals surface area contributed by atoms with Crippen molar-refractivity contribution in [2.45, 2.75) is 17.2 Å². The van der Waals surface area contributed by atoms with Crippen molar-refractivity contribution in [2.75, 3.05) is 20.3 Å². The van der Waals surface area contributed by atoms with Crippen LogP contribution in [0.3, 0.4) is 0 Å². The summed E-state index contributed by atoms with van der Waals surface area (Å²) in [5.74, 6) is 0. The van der Waals surface area contributed by atoms with Crippen LogP contribution in [0.4, 0.5) is 0 Å². The Balaban J connectivity index is 3.84. The molecule has 0 aliphatic heterocycles. The zero-order chi connectivity index (χ0) is 10.3. The zero-order valence-electron chi connectivity index (χ0n) is 7.69. The SMILES string of the molecule is COC(CCO)CO[S](=O)(=O)[BiH][CH3]. The summed E-state index contributed by atoms with van der Waals surface area (Å²) in [5, 5.41) is 8.58. The molecule has 80 valence electrons. The van der Waals surface area contributed by atoms with Gasteiger partial charge in [-0.25, -0.2) is 0 Å². The van der Waals surface area contributed by atoms with Crippen LogP contribution in [0.1, 0.15) is 6.42 Å². The predicted octanol–water partition coefficient (Wildman–Crippen LogP) is -0.870. The number of hydrogen-bond donors (Lipinski definition) is 1. The average molecular weight is 408 g/mol. The Morgan fingerprint density at radius 1 is 1.54 bits per heavy atom. The summed E-state index contributed by atoms with van der Waals surface area (Å²) >= 11 is -1.65. The maximum absolute atomic E-state index is 11.0. The molecule has 1 unspecified atom stereocenters. The van der Waals surface area contributed by atoms with Gasteiger partial charge in [-0.2, -0.15) is 0 Å². The molecule has 0 heterocycles. The molecular formula is C6H15BiO5S. The molecule has 0 aromatic heterocycles. The molecule has 0 saturated heterocycles. The molecule has 0 saturated carbocycles. The molecule has 0 spiro atoms. The van der Waals surface area contributed by atoms with Crippen molar-refractivity contribution >= 4 is 28.6 Å². The summed E-state index contributed by atoms with van der Waals surface area (Å²) in [7, 11) is 1.46. The second kappa shape index (κ2) is 7.06. The molecule has 0 aliphatic carbocycles. The zero-order valence-corrected chi connectivity index (χ0v) is 12.4. The van der Waals surface area contributed by atoms with E-state index in [0.29, 0.717) is 6.42 Å². The van der Waals surface area contributed by atoms with Crippen molar-refractivity contribution in [1.29, 1.82) is 0 Å². The van der Waals surface area contributed by atoms with Gasteiger partial charge in [-0.05, 0) is 0 Å². The topological polar surface area (TPSA) is 72.8 Å². The van der Waals surface area contributed by atoms with E-state index >= 15 is 0 Å². The molecule has 0 amide bonds. The average Bonchev–Trinajstić information content (AvgIpc) is 2.12. The number of aliphatic hydroxyl groups excluding tert-OH is 1. The van der Waals surface area contributed by atoms with Crippen molar-refractivity contribution in [2.24, 2.45) is 0 Å². The van der Waals surface area contributed by atoms with E-state index in [0.717, 1.165) is 0 Å². The predicted molar refractivity (Wildman–Crippen MR) is 50.4 cm³/mol. The third-order valence-electron chi connectivity index (χ3n) is 1.44. The summed E-state index contributed by atoms with van der Waals surface area (Å²) in [6.45, 7) is -3.23. The Hall–Kier alpha value is 0.713. The van der Waals surface area contributed by atoms with Gasteiger partial charge in [-0.1, -0.05) is 0 Å². The van der Waals surface area contributed by atoms with Crippen LogP contribution in [0.15, 0.2) is 0 Å². The monoisotopic (exact) mass is 408 g/mol. The normalized spacial score (nSPS) is 14.4. The van der Waals surface area contributed by atoms with Gasteiger partial charge in [0, 0.05) is 0 Å². The molecule has 0 bridgehead atoms. The van der Waals surface area contributed by atoms with Crippen LogP contribution in [-0.2, 0) is 15.8 Å². The van der Waals surface area contributed by atoms with E-state index in [1.54, 1.807) is 4.63 Å². The fourth-order valence-electron chi connectivity index (χ4n) is 0.638. The van der Waals surface area contributed by atoms with E-state index in [2.05, 4.69) is 0 Å². The van der Waals surface area contributed by atoms with Gasteiger partial charge >= 0.3 is 88.6 Å². The molecule has 0 rings (SSSR count). The van der Waals surface area contributed by atoms with Crippen LogP contribution in [0.5, 0.6) is 0 Å². The third-order valence-corrected chi connectivity index (χ3v) is 9.60. The second-order valence-corrected chi connectivity index (χ2v) is 14.5. The molecule has 7 heteroatoms. The molecule has 5 nitrogen and oxygen atoms in total. The fraction of sp³-hybridized carbons (Fsp3) is 1.00. The van der Waals surface area contributed by atoms with Crippen LogP contribution < -0.4 is 0 Å². The van der Waals surface area contributed by atoms with Crippen LogP contribution in [-0.4, -0.2) is 61.7 Å². The standard InChI is InChI=1S/C5H11O5S.CH3.Bi.H/c1-9-5(2-3-6)4-10-11(7)8;;;/h5-6H,2-4H2,1H3;1H3;;. The molecule has 13 heavy (non-hydrogen) atoms. The minimum absolute atomic E-state index is 0.0141. The van der Waals surface area contributed by atoms with E-state index in [1.165, 1.54) is 7.11 Å². The van der Waals surface area contributed by atoms with E-state index in [9.17, 15) is 8.42 Å². The molecule has 0 aliphatic rings. The molecule has 0 aromatic carbocycles. The van der Waals surface area contributed by atoms with E-state index in [1.807, 2.05) is 0 Å². The van der Waals surface area contributed by atoms with Crippen molar-refractivity contribution in [3.05, 3.63) is 0 Å². The van der Waals surface area contributed by atoms with Gasteiger partial charge in [0.2, 0.25) is 0 Å². The number of methoxy groups -OCH3 is 1. The maximum atomic E-state index is 11.0. The van der Waals surface area contributed by atoms with Gasteiger partial charge < -0.3 is 0 Å². The van der Waals surface area contributed by atoms with Crippen molar-refractivity contribution < 1.29 is 22.4 Å². The summed E-state index contributed by atoms with van der Waals surface area (Å²) < 4.78 is 33.2. The van der Waals surface area contributed by atoms with Gasteiger partial charge in [0.15, 0.2) is 0 Å². The van der Waals surface area contributed by atoms with E-state index in [4.69, 9.17) is 14.0 Å². The fourth-order valence-corrected chi connectivity index (χ4v) is 3.25. The Morgan fingerprint density at radius 2 is 2.15 bits per heavy atom. The van der Waals surface area contributed by atoms with Crippen molar-refractivity contribution in [3.8, 4) is 0 Å². The first-order chi connectivity index (χ1) is 6.05. The van der Waals surface area contributed by atoms with Gasteiger partial charge in [-0.15, -0.1) is 0 Å². The first-order valence-corrected chi connectivity index (χ1v) is 13.8. The van der Waals surface area contributed by atoms with Crippen LogP contribution in [0, 0.1) is 0 Å². The Morgan fingerprint density at radius 3 is 2.54 bits per heavy atom. The summed E-state index contributed by atoms with van der Waals surface area (Å²) in [6.07, 6.45) is 0.0543. The minimum atomic E-state index is -3.21. The summed E-state index contributed by atoms with van der Waals surface area (Å²) in [6, 6.07) is 0. The molecule has 0 aromatic rings.